The Hall–Kier alpha value is -5.31. The van der Waals surface area contributed by atoms with Gasteiger partial charge in [0.15, 0.2) is 0 Å². The largest absolute Gasteiger partial charge is 0.332 e. The number of anilines is 2. The van der Waals surface area contributed by atoms with Gasteiger partial charge in [0.1, 0.15) is 0 Å². The summed E-state index contributed by atoms with van der Waals surface area (Å²) in [6, 6.07) is 48.7. The van der Waals surface area contributed by atoms with Gasteiger partial charge in [-0.2, -0.15) is 0 Å². The van der Waals surface area contributed by atoms with Crippen molar-refractivity contribution in [2.75, 3.05) is 4.90 Å². The van der Waals surface area contributed by atoms with Crippen LogP contribution < -0.4 is 4.90 Å². The van der Waals surface area contributed by atoms with Crippen molar-refractivity contribution in [1.82, 2.24) is 0 Å². The SMILES string of the molecule is CC1(C)C2=C(c3ccccc31)C1S[C@@H]3C(C4=CCC(C)(N(c5ccc(-c6ccccc6)cc5)c5ccc(-c6ccccc6)cc5)C=C4)=CC=CC3C1C=C2. The third kappa shape index (κ3) is 5.37. The predicted molar refractivity (Wildman–Crippen MR) is 231 cm³/mol. The first-order chi connectivity index (χ1) is 26.4. The molecule has 1 aliphatic heterocycles. The number of hydrogen-bond donors (Lipinski definition) is 0. The maximum Gasteiger partial charge on any atom is 0.0643 e. The van der Waals surface area contributed by atoms with E-state index in [4.69, 9.17) is 0 Å². The summed E-state index contributed by atoms with van der Waals surface area (Å²) in [5, 5.41) is 0.908. The smallest absolute Gasteiger partial charge is 0.0643 e. The molecule has 5 aromatic rings. The molecule has 0 N–H and O–H groups in total. The Morgan fingerprint density at radius 3 is 1.78 bits per heavy atom. The molecule has 5 aliphatic rings. The lowest BCUT2D eigenvalue weighted by molar-refractivity contribution is 0.519. The van der Waals surface area contributed by atoms with Gasteiger partial charge < -0.3 is 4.90 Å². The number of hydrogen-bond acceptors (Lipinski definition) is 2. The fourth-order valence-corrected chi connectivity index (χ4v) is 11.8. The number of fused-ring (bicyclic) bond motifs is 6. The molecule has 5 atom stereocenters. The van der Waals surface area contributed by atoms with Gasteiger partial charge in [0.25, 0.3) is 0 Å². The zero-order chi connectivity index (χ0) is 36.4. The second kappa shape index (κ2) is 12.9. The highest BCUT2D eigenvalue weighted by molar-refractivity contribution is 8.01. The standard InChI is InChI=1S/C52H45NS/c1-51(2)46-20-11-10-17-45(46)48-47(51)30-29-44-43-19-12-18-42(49(43)54-50(44)48)39-31-33-52(3,34-32-39)53(40-25-21-37(22-26-40)35-13-6-4-7-14-35)41-27-23-38(24-28-41)36-15-8-5-9-16-36/h4-33,43-44,49-50H,34H2,1-3H3/t43?,44?,49-,50?,52?/m1/s1. The molecule has 5 aromatic carbocycles. The van der Waals surface area contributed by atoms with Gasteiger partial charge in [0.2, 0.25) is 0 Å². The summed E-state index contributed by atoms with van der Waals surface area (Å²) >= 11 is 2.21. The topological polar surface area (TPSA) is 3.24 Å². The number of allylic oxidation sites excluding steroid dienone is 8. The second-order valence-electron chi connectivity index (χ2n) is 16.2. The van der Waals surface area contributed by atoms with Crippen LogP contribution in [0, 0.1) is 11.8 Å². The summed E-state index contributed by atoms with van der Waals surface area (Å²) < 4.78 is 0. The minimum Gasteiger partial charge on any atom is -0.332 e. The van der Waals surface area contributed by atoms with E-state index in [-0.39, 0.29) is 11.0 Å². The Balaban J connectivity index is 0.961. The first kappa shape index (κ1) is 33.3. The van der Waals surface area contributed by atoms with E-state index in [0.29, 0.717) is 22.3 Å². The maximum absolute atomic E-state index is 2.55. The van der Waals surface area contributed by atoms with Crippen molar-refractivity contribution in [3.8, 4) is 22.3 Å². The van der Waals surface area contributed by atoms with E-state index in [9.17, 15) is 0 Å². The van der Waals surface area contributed by atoms with Crippen LogP contribution in [0.5, 0.6) is 0 Å². The van der Waals surface area contributed by atoms with Gasteiger partial charge in [-0.25, -0.2) is 0 Å². The normalized spacial score (nSPS) is 25.7. The average Bonchev–Trinajstić information content (AvgIpc) is 3.72. The van der Waals surface area contributed by atoms with Gasteiger partial charge in [0.05, 0.1) is 5.54 Å². The Kier molecular flexibility index (Phi) is 7.96. The summed E-state index contributed by atoms with van der Waals surface area (Å²) in [7, 11) is 0. The molecule has 0 radical (unpaired) electrons. The fourth-order valence-electron chi connectivity index (χ4n) is 9.80. The first-order valence-corrected chi connectivity index (χ1v) is 20.4. The molecule has 54 heavy (non-hydrogen) atoms. The Labute approximate surface area is 324 Å². The molecule has 264 valence electrons. The third-order valence-electron chi connectivity index (χ3n) is 12.6. The quantitative estimate of drug-likeness (QED) is 0.172. The number of nitrogens with zero attached hydrogens (tertiary/aromatic N) is 1. The molecular formula is C52H45NS. The molecule has 4 aliphatic carbocycles. The van der Waals surface area contributed by atoms with Gasteiger partial charge in [-0.15, -0.1) is 11.8 Å². The zero-order valence-electron chi connectivity index (χ0n) is 31.2. The van der Waals surface area contributed by atoms with Crippen molar-refractivity contribution < 1.29 is 0 Å². The summed E-state index contributed by atoms with van der Waals surface area (Å²) in [5.41, 5.74) is 16.0. The molecule has 1 fully saturated rings. The molecule has 0 bridgehead atoms. The first-order valence-electron chi connectivity index (χ1n) is 19.5. The molecule has 1 heterocycles. The van der Waals surface area contributed by atoms with Crippen molar-refractivity contribution in [3.05, 3.63) is 210 Å². The lowest BCUT2D eigenvalue weighted by Gasteiger charge is -2.43. The van der Waals surface area contributed by atoms with Crippen molar-refractivity contribution >= 4 is 28.7 Å². The lowest BCUT2D eigenvalue weighted by Crippen LogP contribution is -2.42. The molecule has 4 unspecified atom stereocenters. The molecule has 2 heteroatoms. The molecule has 0 saturated carbocycles. The van der Waals surface area contributed by atoms with Crippen LogP contribution in [0.3, 0.4) is 0 Å². The van der Waals surface area contributed by atoms with Crippen molar-refractivity contribution in [1.29, 1.82) is 0 Å². The average molecular weight is 716 g/mol. The van der Waals surface area contributed by atoms with Crippen molar-refractivity contribution in [2.45, 2.75) is 48.6 Å². The maximum atomic E-state index is 2.55. The van der Waals surface area contributed by atoms with Crippen LogP contribution in [0.25, 0.3) is 27.8 Å². The molecule has 0 aromatic heterocycles. The van der Waals surface area contributed by atoms with Gasteiger partial charge >= 0.3 is 0 Å². The van der Waals surface area contributed by atoms with E-state index < -0.39 is 0 Å². The number of thioether (sulfide) groups is 1. The fraction of sp³-hybridized carbons (Fsp3) is 0.192. The summed E-state index contributed by atoms with van der Waals surface area (Å²) in [6.07, 6.45) is 20.6. The molecular weight excluding hydrogens is 671 g/mol. The minimum absolute atomic E-state index is 0.0466. The molecule has 0 spiro atoms. The number of benzene rings is 5. The highest BCUT2D eigenvalue weighted by Gasteiger charge is 2.51. The highest BCUT2D eigenvalue weighted by Crippen LogP contribution is 2.61. The van der Waals surface area contributed by atoms with Crippen LogP contribution in [-0.4, -0.2) is 16.0 Å². The van der Waals surface area contributed by atoms with Crippen LogP contribution >= 0.6 is 11.8 Å². The lowest BCUT2D eigenvalue weighted by atomic mass is 9.73. The monoisotopic (exact) mass is 715 g/mol. The van der Waals surface area contributed by atoms with Crippen LogP contribution in [0.1, 0.15) is 38.3 Å². The molecule has 1 nitrogen and oxygen atoms in total. The Bertz CT molecular complexity index is 2340. The molecule has 1 saturated heterocycles. The highest BCUT2D eigenvalue weighted by atomic mass is 32.2. The summed E-state index contributed by atoms with van der Waals surface area (Å²) in [5.74, 6) is 0.999. The van der Waals surface area contributed by atoms with Crippen LogP contribution in [0.4, 0.5) is 11.4 Å². The van der Waals surface area contributed by atoms with Gasteiger partial charge in [0, 0.05) is 39.1 Å². The van der Waals surface area contributed by atoms with Crippen LogP contribution in [-0.2, 0) is 5.41 Å². The van der Waals surface area contributed by atoms with E-state index in [1.54, 1.807) is 5.57 Å². The van der Waals surface area contributed by atoms with E-state index in [2.05, 4.69) is 220 Å². The van der Waals surface area contributed by atoms with Gasteiger partial charge in [-0.1, -0.05) is 172 Å². The predicted octanol–water partition coefficient (Wildman–Crippen LogP) is 13.3. The van der Waals surface area contributed by atoms with Crippen LogP contribution in [0.2, 0.25) is 0 Å². The number of rotatable bonds is 6. The van der Waals surface area contributed by atoms with Gasteiger partial charge in [-0.3, -0.25) is 0 Å². The van der Waals surface area contributed by atoms with Crippen molar-refractivity contribution in [3.63, 3.8) is 0 Å². The zero-order valence-corrected chi connectivity index (χ0v) is 32.0. The van der Waals surface area contributed by atoms with Gasteiger partial charge in [-0.05, 0) is 93.3 Å². The third-order valence-corrected chi connectivity index (χ3v) is 14.3. The van der Waals surface area contributed by atoms with Crippen LogP contribution in [0.15, 0.2) is 199 Å². The van der Waals surface area contributed by atoms with E-state index in [1.807, 2.05) is 0 Å². The Morgan fingerprint density at radius 1 is 0.593 bits per heavy atom. The second-order valence-corrected chi connectivity index (χ2v) is 17.5. The molecule has 0 amide bonds. The Morgan fingerprint density at radius 2 is 1.17 bits per heavy atom. The van der Waals surface area contributed by atoms with E-state index in [0.717, 1.165) is 6.42 Å². The van der Waals surface area contributed by atoms with E-state index in [1.165, 1.54) is 61.5 Å². The summed E-state index contributed by atoms with van der Waals surface area (Å²) in [4.78, 5) is 2.54. The van der Waals surface area contributed by atoms with Crippen molar-refractivity contribution in [2.24, 2.45) is 11.8 Å². The minimum atomic E-state index is -0.255. The van der Waals surface area contributed by atoms with E-state index >= 15 is 0 Å². The summed E-state index contributed by atoms with van der Waals surface area (Å²) in [6.45, 7) is 7.20. The molecule has 10 rings (SSSR count).